The molecule has 0 heterocycles. The van der Waals surface area contributed by atoms with E-state index in [1.165, 1.54) is 26.3 Å². The van der Waals surface area contributed by atoms with Gasteiger partial charge in [0.25, 0.3) is 15.9 Å². The standard InChI is InChI=1S/C16H18N2O4S/c1-11-7-8-14(10-15(11)16(19)17-2)23(20,21)18-12-5-4-6-13(9-12)22-3/h4-10,18H,1-3H3,(H,17,19). The third-order valence-electron chi connectivity index (χ3n) is 3.31. The lowest BCUT2D eigenvalue weighted by Gasteiger charge is -2.11. The molecule has 0 aliphatic rings. The van der Waals surface area contributed by atoms with E-state index in [1.54, 1.807) is 37.3 Å². The average molecular weight is 334 g/mol. The van der Waals surface area contributed by atoms with Crippen LogP contribution in [0.25, 0.3) is 0 Å². The third-order valence-corrected chi connectivity index (χ3v) is 4.69. The van der Waals surface area contributed by atoms with Crippen LogP contribution in [0.5, 0.6) is 5.75 Å². The molecule has 0 radical (unpaired) electrons. The topological polar surface area (TPSA) is 84.5 Å². The minimum absolute atomic E-state index is 0.0181. The number of carbonyl (C=O) groups excluding carboxylic acids is 1. The fraction of sp³-hybridized carbons (Fsp3) is 0.188. The van der Waals surface area contributed by atoms with E-state index in [-0.39, 0.29) is 10.8 Å². The van der Waals surface area contributed by atoms with E-state index in [9.17, 15) is 13.2 Å². The van der Waals surface area contributed by atoms with E-state index in [2.05, 4.69) is 10.0 Å². The average Bonchev–Trinajstić information content (AvgIpc) is 2.54. The summed E-state index contributed by atoms with van der Waals surface area (Å²) >= 11 is 0. The molecule has 2 rings (SSSR count). The lowest BCUT2D eigenvalue weighted by atomic mass is 10.1. The number of amides is 1. The Morgan fingerprint density at radius 1 is 1.13 bits per heavy atom. The number of benzene rings is 2. The Labute approximate surface area is 135 Å². The molecule has 0 aliphatic carbocycles. The number of nitrogens with one attached hydrogen (secondary N) is 2. The Balaban J connectivity index is 2.37. The monoisotopic (exact) mass is 334 g/mol. The highest BCUT2D eigenvalue weighted by Crippen LogP contribution is 2.22. The first-order valence-corrected chi connectivity index (χ1v) is 8.35. The number of sulfonamides is 1. The molecule has 7 heteroatoms. The van der Waals surface area contributed by atoms with Crippen molar-refractivity contribution in [3.8, 4) is 5.75 Å². The van der Waals surface area contributed by atoms with Crippen molar-refractivity contribution in [1.82, 2.24) is 5.32 Å². The Morgan fingerprint density at radius 3 is 2.52 bits per heavy atom. The summed E-state index contributed by atoms with van der Waals surface area (Å²) in [6.07, 6.45) is 0. The van der Waals surface area contributed by atoms with Crippen molar-refractivity contribution < 1.29 is 17.9 Å². The SMILES string of the molecule is CNC(=O)c1cc(S(=O)(=O)Nc2cccc(OC)c2)ccc1C. The summed E-state index contributed by atoms with van der Waals surface area (Å²) in [5, 5.41) is 2.49. The summed E-state index contributed by atoms with van der Waals surface area (Å²) in [5.41, 5.74) is 1.40. The molecule has 0 unspecified atom stereocenters. The number of aryl methyl sites for hydroxylation is 1. The quantitative estimate of drug-likeness (QED) is 0.877. The lowest BCUT2D eigenvalue weighted by Crippen LogP contribution is -2.20. The third kappa shape index (κ3) is 3.81. The Kier molecular flexibility index (Phi) is 4.90. The maximum Gasteiger partial charge on any atom is 0.261 e. The van der Waals surface area contributed by atoms with Gasteiger partial charge in [0.2, 0.25) is 0 Å². The summed E-state index contributed by atoms with van der Waals surface area (Å²) in [5.74, 6) is 0.209. The van der Waals surface area contributed by atoms with Crippen LogP contribution in [0.1, 0.15) is 15.9 Å². The molecule has 23 heavy (non-hydrogen) atoms. The molecule has 122 valence electrons. The van der Waals surface area contributed by atoms with Crippen molar-refractivity contribution in [2.45, 2.75) is 11.8 Å². The second-order valence-corrected chi connectivity index (χ2v) is 6.58. The predicted octanol–water partition coefficient (Wildman–Crippen LogP) is 2.16. The van der Waals surface area contributed by atoms with Crippen molar-refractivity contribution in [2.24, 2.45) is 0 Å². The normalized spacial score (nSPS) is 10.9. The molecule has 0 saturated heterocycles. The summed E-state index contributed by atoms with van der Waals surface area (Å²) in [4.78, 5) is 11.8. The molecule has 0 aliphatic heterocycles. The highest BCUT2D eigenvalue weighted by atomic mass is 32.2. The Hall–Kier alpha value is -2.54. The van der Waals surface area contributed by atoms with Crippen LogP contribution in [0.15, 0.2) is 47.4 Å². The van der Waals surface area contributed by atoms with E-state index < -0.39 is 10.0 Å². The van der Waals surface area contributed by atoms with Crippen molar-refractivity contribution >= 4 is 21.6 Å². The van der Waals surface area contributed by atoms with Crippen LogP contribution in [0.2, 0.25) is 0 Å². The highest BCUT2D eigenvalue weighted by molar-refractivity contribution is 7.92. The molecule has 0 atom stereocenters. The summed E-state index contributed by atoms with van der Waals surface area (Å²) < 4.78 is 32.5. The zero-order chi connectivity index (χ0) is 17.0. The molecule has 0 fully saturated rings. The minimum atomic E-state index is -3.80. The van der Waals surface area contributed by atoms with Gasteiger partial charge in [-0.1, -0.05) is 12.1 Å². The number of anilines is 1. The van der Waals surface area contributed by atoms with Gasteiger partial charge in [-0.15, -0.1) is 0 Å². The molecule has 2 N–H and O–H groups in total. The maximum atomic E-state index is 12.5. The minimum Gasteiger partial charge on any atom is -0.497 e. The van der Waals surface area contributed by atoms with E-state index in [0.29, 0.717) is 22.6 Å². The van der Waals surface area contributed by atoms with Crippen LogP contribution in [0, 0.1) is 6.92 Å². The van der Waals surface area contributed by atoms with Crippen LogP contribution in [0.3, 0.4) is 0 Å². The molecule has 2 aromatic carbocycles. The fourth-order valence-electron chi connectivity index (χ4n) is 2.05. The number of hydrogen-bond donors (Lipinski definition) is 2. The van der Waals surface area contributed by atoms with E-state index in [0.717, 1.165) is 0 Å². The molecule has 0 saturated carbocycles. The van der Waals surface area contributed by atoms with Gasteiger partial charge in [-0.2, -0.15) is 0 Å². The second kappa shape index (κ2) is 6.70. The number of ether oxygens (including phenoxy) is 1. The van der Waals surface area contributed by atoms with Gasteiger partial charge in [0.15, 0.2) is 0 Å². The van der Waals surface area contributed by atoms with Gasteiger partial charge in [0, 0.05) is 18.7 Å². The van der Waals surface area contributed by atoms with Gasteiger partial charge in [0.1, 0.15) is 5.75 Å². The summed E-state index contributed by atoms with van der Waals surface area (Å²) in [7, 11) is -0.804. The van der Waals surface area contributed by atoms with Crippen LogP contribution in [-0.2, 0) is 10.0 Å². The van der Waals surface area contributed by atoms with E-state index in [4.69, 9.17) is 4.74 Å². The summed E-state index contributed by atoms with van der Waals surface area (Å²) in [6, 6.07) is 11.0. The van der Waals surface area contributed by atoms with Crippen molar-refractivity contribution in [3.63, 3.8) is 0 Å². The van der Waals surface area contributed by atoms with E-state index in [1.807, 2.05) is 0 Å². The van der Waals surface area contributed by atoms with Crippen molar-refractivity contribution in [1.29, 1.82) is 0 Å². The first-order chi connectivity index (χ1) is 10.9. The summed E-state index contributed by atoms with van der Waals surface area (Å²) in [6.45, 7) is 1.75. The molecular formula is C16H18N2O4S. The molecule has 0 bridgehead atoms. The number of hydrogen-bond acceptors (Lipinski definition) is 4. The Bertz CT molecular complexity index is 832. The molecule has 1 amide bonds. The Morgan fingerprint density at radius 2 is 1.87 bits per heavy atom. The van der Waals surface area contributed by atoms with Gasteiger partial charge in [-0.25, -0.2) is 8.42 Å². The first kappa shape index (κ1) is 16.8. The largest absolute Gasteiger partial charge is 0.497 e. The molecule has 0 aromatic heterocycles. The first-order valence-electron chi connectivity index (χ1n) is 6.87. The van der Waals surface area contributed by atoms with Crippen LogP contribution < -0.4 is 14.8 Å². The van der Waals surface area contributed by atoms with Crippen LogP contribution in [-0.4, -0.2) is 28.5 Å². The van der Waals surface area contributed by atoms with Gasteiger partial charge in [-0.05, 0) is 36.8 Å². The number of carbonyl (C=O) groups is 1. The fourth-order valence-corrected chi connectivity index (χ4v) is 3.12. The zero-order valence-corrected chi connectivity index (χ0v) is 13.9. The number of methoxy groups -OCH3 is 1. The molecule has 2 aromatic rings. The molecule has 0 spiro atoms. The zero-order valence-electron chi connectivity index (χ0n) is 13.1. The highest BCUT2D eigenvalue weighted by Gasteiger charge is 2.18. The van der Waals surface area contributed by atoms with E-state index >= 15 is 0 Å². The van der Waals surface area contributed by atoms with Crippen molar-refractivity contribution in [2.75, 3.05) is 18.9 Å². The van der Waals surface area contributed by atoms with Gasteiger partial charge in [0.05, 0.1) is 17.7 Å². The predicted molar refractivity (Wildman–Crippen MR) is 88.4 cm³/mol. The van der Waals surface area contributed by atoms with Crippen LogP contribution >= 0.6 is 0 Å². The van der Waals surface area contributed by atoms with Gasteiger partial charge in [-0.3, -0.25) is 9.52 Å². The number of rotatable bonds is 5. The van der Waals surface area contributed by atoms with Gasteiger partial charge >= 0.3 is 0 Å². The molecule has 6 nitrogen and oxygen atoms in total. The smallest absolute Gasteiger partial charge is 0.261 e. The van der Waals surface area contributed by atoms with Gasteiger partial charge < -0.3 is 10.1 Å². The maximum absolute atomic E-state index is 12.5. The lowest BCUT2D eigenvalue weighted by molar-refractivity contribution is 0.0962. The molecular weight excluding hydrogens is 316 g/mol. The van der Waals surface area contributed by atoms with Crippen molar-refractivity contribution in [3.05, 3.63) is 53.6 Å². The van der Waals surface area contributed by atoms with Crippen LogP contribution in [0.4, 0.5) is 5.69 Å². The second-order valence-electron chi connectivity index (χ2n) is 4.89.